The molecule has 0 aromatic heterocycles. The summed E-state index contributed by atoms with van der Waals surface area (Å²) in [6, 6.07) is 23.6. The van der Waals surface area contributed by atoms with E-state index in [9.17, 15) is 13.2 Å². The molecule has 6 nitrogen and oxygen atoms in total. The van der Waals surface area contributed by atoms with Crippen LogP contribution in [0.5, 0.6) is 0 Å². The maximum atomic E-state index is 13.7. The lowest BCUT2D eigenvalue weighted by atomic mass is 9.77. The predicted molar refractivity (Wildman–Crippen MR) is 141 cm³/mol. The second kappa shape index (κ2) is 9.06. The van der Waals surface area contributed by atoms with Gasteiger partial charge in [-0.15, -0.1) is 0 Å². The molecule has 0 amide bonds. The van der Waals surface area contributed by atoms with Crippen LogP contribution < -0.4 is 0 Å². The van der Waals surface area contributed by atoms with Crippen molar-refractivity contribution in [1.29, 1.82) is 0 Å². The van der Waals surface area contributed by atoms with Gasteiger partial charge in [0.05, 0.1) is 17.5 Å². The molecule has 0 bridgehead atoms. The van der Waals surface area contributed by atoms with Crippen molar-refractivity contribution in [3.8, 4) is 0 Å². The van der Waals surface area contributed by atoms with Gasteiger partial charge in [0, 0.05) is 5.92 Å². The third kappa shape index (κ3) is 3.66. The molecule has 3 aromatic carbocycles. The molecular formula is C29H28N2O4S. The van der Waals surface area contributed by atoms with Crippen molar-refractivity contribution in [3.05, 3.63) is 101 Å². The van der Waals surface area contributed by atoms with Crippen LogP contribution in [-0.2, 0) is 19.6 Å². The molecule has 1 aliphatic carbocycles. The van der Waals surface area contributed by atoms with Crippen molar-refractivity contribution in [2.24, 2.45) is 4.99 Å². The van der Waals surface area contributed by atoms with Gasteiger partial charge < -0.3 is 4.74 Å². The van der Waals surface area contributed by atoms with Gasteiger partial charge in [-0.1, -0.05) is 72.3 Å². The van der Waals surface area contributed by atoms with Crippen molar-refractivity contribution < 1.29 is 17.9 Å². The molecule has 3 unspecified atom stereocenters. The van der Waals surface area contributed by atoms with Crippen LogP contribution in [-0.4, -0.2) is 43.2 Å². The molecule has 184 valence electrons. The summed E-state index contributed by atoms with van der Waals surface area (Å²) >= 11 is 0. The van der Waals surface area contributed by atoms with Gasteiger partial charge in [-0.2, -0.15) is 0 Å². The van der Waals surface area contributed by atoms with E-state index < -0.39 is 33.5 Å². The minimum Gasteiger partial charge on any atom is -0.464 e. The SMILES string of the molecule is CCOC(=O)C12N=CN(S(=O)(=O)c3ccc(C)cc3)C(C)C1c1ccccc1/C2=C/c1ccccc1. The zero-order valence-corrected chi connectivity index (χ0v) is 21.3. The Morgan fingerprint density at radius 2 is 1.69 bits per heavy atom. The van der Waals surface area contributed by atoms with Crippen molar-refractivity contribution in [2.75, 3.05) is 6.61 Å². The van der Waals surface area contributed by atoms with Crippen LogP contribution >= 0.6 is 0 Å². The molecule has 0 radical (unpaired) electrons. The Bertz CT molecular complexity index is 1460. The zero-order valence-electron chi connectivity index (χ0n) is 20.5. The fraction of sp³-hybridized carbons (Fsp3) is 0.241. The average molecular weight is 501 g/mol. The fourth-order valence-corrected chi connectivity index (χ4v) is 6.77. The first kappa shape index (κ1) is 24.0. The lowest BCUT2D eigenvalue weighted by Crippen LogP contribution is -2.55. The summed E-state index contributed by atoms with van der Waals surface area (Å²) in [5.74, 6) is -1.04. The Morgan fingerprint density at radius 3 is 2.39 bits per heavy atom. The number of fused-ring (bicyclic) bond motifs is 3. The highest BCUT2D eigenvalue weighted by molar-refractivity contribution is 7.89. The summed E-state index contributed by atoms with van der Waals surface area (Å²) in [6.07, 6.45) is 3.27. The Morgan fingerprint density at radius 1 is 1.03 bits per heavy atom. The molecule has 0 spiro atoms. The molecule has 1 aliphatic heterocycles. The summed E-state index contributed by atoms with van der Waals surface area (Å²) in [6.45, 7) is 5.69. The highest BCUT2D eigenvalue weighted by atomic mass is 32.2. The second-order valence-electron chi connectivity index (χ2n) is 9.15. The third-order valence-corrected chi connectivity index (χ3v) is 8.85. The smallest absolute Gasteiger partial charge is 0.339 e. The van der Waals surface area contributed by atoms with Crippen LogP contribution in [0.3, 0.4) is 0 Å². The number of esters is 1. The van der Waals surface area contributed by atoms with Gasteiger partial charge in [0.15, 0.2) is 5.54 Å². The first-order valence-corrected chi connectivity index (χ1v) is 13.4. The van der Waals surface area contributed by atoms with Gasteiger partial charge >= 0.3 is 5.97 Å². The second-order valence-corrected chi connectivity index (χ2v) is 11.0. The fourth-order valence-electron chi connectivity index (χ4n) is 5.32. The van der Waals surface area contributed by atoms with E-state index >= 15 is 0 Å². The molecule has 2 aliphatic rings. The van der Waals surface area contributed by atoms with Crippen molar-refractivity contribution in [3.63, 3.8) is 0 Å². The maximum absolute atomic E-state index is 13.7. The van der Waals surface area contributed by atoms with E-state index in [1.54, 1.807) is 31.2 Å². The average Bonchev–Trinajstić information content (AvgIpc) is 3.16. The van der Waals surface area contributed by atoms with E-state index in [4.69, 9.17) is 9.73 Å². The molecule has 3 aromatic rings. The number of benzene rings is 3. The van der Waals surface area contributed by atoms with Crippen LogP contribution in [0.25, 0.3) is 11.6 Å². The van der Waals surface area contributed by atoms with Gasteiger partial charge in [0.1, 0.15) is 6.34 Å². The quantitative estimate of drug-likeness (QED) is 0.459. The molecule has 0 fully saturated rings. The number of aryl methyl sites for hydroxylation is 1. The van der Waals surface area contributed by atoms with E-state index in [-0.39, 0.29) is 11.5 Å². The van der Waals surface area contributed by atoms with E-state index in [2.05, 4.69) is 0 Å². The highest BCUT2D eigenvalue weighted by Gasteiger charge is 2.61. The normalized spacial score (nSPS) is 23.9. The number of ether oxygens (including phenoxy) is 1. The minimum atomic E-state index is -3.90. The van der Waals surface area contributed by atoms with E-state index in [0.29, 0.717) is 5.57 Å². The van der Waals surface area contributed by atoms with Crippen molar-refractivity contribution >= 4 is 34.0 Å². The number of hydrogen-bond donors (Lipinski definition) is 0. The van der Waals surface area contributed by atoms with Gasteiger partial charge in [-0.25, -0.2) is 13.2 Å². The topological polar surface area (TPSA) is 76.0 Å². The van der Waals surface area contributed by atoms with Gasteiger partial charge in [0.2, 0.25) is 0 Å². The number of carbonyl (C=O) groups excluding carboxylic acids is 1. The first-order chi connectivity index (χ1) is 17.3. The highest BCUT2D eigenvalue weighted by Crippen LogP contribution is 2.56. The number of aliphatic imine (C=N–C) groups is 1. The molecule has 3 atom stereocenters. The third-order valence-electron chi connectivity index (χ3n) is 7.00. The summed E-state index contributed by atoms with van der Waals surface area (Å²) in [5, 5.41) is 0. The molecule has 7 heteroatoms. The number of nitrogens with zero attached hydrogens (tertiary/aromatic N) is 2. The standard InChI is InChI=1S/C29H28N2O4S/c1-4-35-28(32)29-26(18-22-10-6-5-7-11-22)24-12-8-9-13-25(24)27(29)21(3)31(19-30-29)36(33,34)23-16-14-20(2)15-17-23/h5-19,21,27H,4H2,1-3H3/b26-18-. The lowest BCUT2D eigenvalue weighted by molar-refractivity contribution is -0.148. The summed E-state index contributed by atoms with van der Waals surface area (Å²) in [7, 11) is -3.90. The molecule has 0 N–H and O–H groups in total. The predicted octanol–water partition coefficient (Wildman–Crippen LogP) is 5.06. The Balaban J connectivity index is 1.73. The van der Waals surface area contributed by atoms with E-state index in [1.807, 2.05) is 74.5 Å². The summed E-state index contributed by atoms with van der Waals surface area (Å²) in [4.78, 5) is 18.7. The molecule has 1 heterocycles. The van der Waals surface area contributed by atoms with Crippen molar-refractivity contribution in [1.82, 2.24) is 4.31 Å². The van der Waals surface area contributed by atoms with Crippen LogP contribution in [0.1, 0.15) is 42.0 Å². The Labute approximate surface area is 212 Å². The van der Waals surface area contributed by atoms with Crippen LogP contribution in [0.15, 0.2) is 88.8 Å². The zero-order chi connectivity index (χ0) is 25.5. The summed E-state index contributed by atoms with van der Waals surface area (Å²) in [5.41, 5.74) is 2.96. The molecule has 0 saturated heterocycles. The largest absolute Gasteiger partial charge is 0.464 e. The van der Waals surface area contributed by atoms with E-state index in [0.717, 1.165) is 22.3 Å². The van der Waals surface area contributed by atoms with Crippen LogP contribution in [0.4, 0.5) is 0 Å². The van der Waals surface area contributed by atoms with Gasteiger partial charge in [0.25, 0.3) is 10.0 Å². The van der Waals surface area contributed by atoms with Gasteiger partial charge in [-0.3, -0.25) is 9.30 Å². The van der Waals surface area contributed by atoms with Crippen LogP contribution in [0.2, 0.25) is 0 Å². The number of carbonyl (C=O) groups is 1. The summed E-state index contributed by atoms with van der Waals surface area (Å²) < 4.78 is 34.2. The molecule has 0 saturated carbocycles. The maximum Gasteiger partial charge on any atom is 0.339 e. The Kier molecular flexibility index (Phi) is 6.04. The number of rotatable bonds is 5. The Hall–Kier alpha value is -3.71. The minimum absolute atomic E-state index is 0.182. The van der Waals surface area contributed by atoms with Gasteiger partial charge in [-0.05, 0) is 61.2 Å². The molecule has 5 rings (SSSR count). The van der Waals surface area contributed by atoms with Crippen molar-refractivity contribution in [2.45, 2.75) is 43.2 Å². The lowest BCUT2D eigenvalue weighted by Gasteiger charge is -2.42. The number of hydrogen-bond acceptors (Lipinski definition) is 5. The monoisotopic (exact) mass is 500 g/mol. The first-order valence-electron chi connectivity index (χ1n) is 12.0. The molecule has 36 heavy (non-hydrogen) atoms. The van der Waals surface area contributed by atoms with E-state index in [1.165, 1.54) is 10.6 Å². The number of sulfonamides is 1. The molecular weight excluding hydrogens is 472 g/mol. The van der Waals surface area contributed by atoms with Crippen LogP contribution in [0, 0.1) is 6.92 Å².